The molecule has 1 aromatic heterocycles. The number of urea groups is 1. The third-order valence-electron chi connectivity index (χ3n) is 7.36. The van der Waals surface area contributed by atoms with E-state index in [9.17, 15) is 14.4 Å². The number of amides is 4. The molecule has 35 heavy (non-hydrogen) atoms. The highest BCUT2D eigenvalue weighted by Gasteiger charge is 2.57. The van der Waals surface area contributed by atoms with Gasteiger partial charge in [-0.15, -0.1) is 0 Å². The van der Waals surface area contributed by atoms with E-state index < -0.39 is 11.6 Å². The van der Waals surface area contributed by atoms with Crippen molar-refractivity contribution in [1.29, 1.82) is 0 Å². The first-order valence-corrected chi connectivity index (χ1v) is 12.5. The molecule has 0 spiro atoms. The predicted octanol–water partition coefficient (Wildman–Crippen LogP) is 3.14. The molecule has 4 amide bonds. The van der Waals surface area contributed by atoms with Gasteiger partial charge in [0.05, 0.1) is 19.1 Å². The first-order valence-electron chi connectivity index (χ1n) is 12.2. The average Bonchev–Trinajstić information content (AvgIpc) is 3.47. The predicted molar refractivity (Wildman–Crippen MR) is 130 cm³/mol. The Labute approximate surface area is 209 Å². The number of likely N-dealkylation sites (tertiary alicyclic amines) is 1. The van der Waals surface area contributed by atoms with Crippen molar-refractivity contribution in [2.75, 3.05) is 26.2 Å². The second-order valence-electron chi connectivity index (χ2n) is 9.49. The molecule has 3 aliphatic rings. The van der Waals surface area contributed by atoms with Gasteiger partial charge in [0.15, 0.2) is 5.54 Å². The zero-order valence-electron chi connectivity index (χ0n) is 19.5. The van der Waals surface area contributed by atoms with Crippen LogP contribution in [-0.4, -0.2) is 65.0 Å². The van der Waals surface area contributed by atoms with Crippen molar-refractivity contribution in [3.8, 4) is 0 Å². The molecule has 0 radical (unpaired) electrons. The van der Waals surface area contributed by atoms with E-state index in [-0.39, 0.29) is 36.8 Å². The van der Waals surface area contributed by atoms with Gasteiger partial charge in [-0.3, -0.25) is 19.5 Å². The fourth-order valence-corrected chi connectivity index (χ4v) is 5.76. The molecule has 5 rings (SSSR count). The number of imide groups is 1. The van der Waals surface area contributed by atoms with Gasteiger partial charge in [0.2, 0.25) is 5.91 Å². The highest BCUT2D eigenvalue weighted by Crippen LogP contribution is 2.41. The van der Waals surface area contributed by atoms with Crippen LogP contribution in [-0.2, 0) is 26.3 Å². The molecular weight excluding hydrogens is 468 g/mol. The number of nitrogens with zero attached hydrogens (tertiary/aromatic N) is 3. The summed E-state index contributed by atoms with van der Waals surface area (Å²) in [6, 6.07) is 10.6. The van der Waals surface area contributed by atoms with Crippen molar-refractivity contribution in [1.82, 2.24) is 20.1 Å². The molecule has 2 aromatic rings. The minimum absolute atomic E-state index is 0.0305. The Hall–Kier alpha value is -2.97. The molecule has 3 fully saturated rings. The van der Waals surface area contributed by atoms with Crippen LogP contribution in [0.1, 0.15) is 36.8 Å². The molecule has 3 aliphatic heterocycles. The second-order valence-corrected chi connectivity index (χ2v) is 9.93. The van der Waals surface area contributed by atoms with Crippen molar-refractivity contribution in [3.63, 3.8) is 0 Å². The highest BCUT2D eigenvalue weighted by molar-refractivity contribution is 6.30. The maximum absolute atomic E-state index is 13.9. The number of piperidine rings is 1. The van der Waals surface area contributed by atoms with E-state index in [4.69, 9.17) is 16.3 Å². The number of benzene rings is 1. The number of pyridine rings is 1. The highest BCUT2D eigenvalue weighted by atomic mass is 35.5. The zero-order chi connectivity index (χ0) is 24.4. The van der Waals surface area contributed by atoms with Gasteiger partial charge in [-0.1, -0.05) is 29.8 Å². The van der Waals surface area contributed by atoms with Crippen LogP contribution in [0.25, 0.3) is 0 Å². The number of carbonyl (C=O) groups is 3. The Kier molecular flexibility index (Phi) is 6.75. The number of ether oxygens (including phenoxy) is 1. The van der Waals surface area contributed by atoms with Crippen LogP contribution in [0.5, 0.6) is 0 Å². The number of hydrogen-bond acceptors (Lipinski definition) is 5. The van der Waals surface area contributed by atoms with Gasteiger partial charge in [-0.05, 0) is 55.4 Å². The van der Waals surface area contributed by atoms with E-state index >= 15 is 0 Å². The lowest BCUT2D eigenvalue weighted by Crippen LogP contribution is -2.54. The van der Waals surface area contributed by atoms with Crippen molar-refractivity contribution in [3.05, 3.63) is 64.9 Å². The molecule has 0 saturated carbocycles. The molecule has 2 unspecified atom stereocenters. The molecule has 2 atom stereocenters. The van der Waals surface area contributed by atoms with Gasteiger partial charge in [-0.2, -0.15) is 0 Å². The van der Waals surface area contributed by atoms with E-state index in [0.717, 1.165) is 18.4 Å². The zero-order valence-corrected chi connectivity index (χ0v) is 20.2. The van der Waals surface area contributed by atoms with E-state index in [1.807, 2.05) is 23.1 Å². The van der Waals surface area contributed by atoms with Crippen LogP contribution in [0.2, 0.25) is 5.02 Å². The second kappa shape index (κ2) is 9.95. The Morgan fingerprint density at radius 2 is 2.00 bits per heavy atom. The van der Waals surface area contributed by atoms with E-state index in [1.165, 1.54) is 4.90 Å². The fraction of sp³-hybridized carbons (Fsp3) is 0.462. The van der Waals surface area contributed by atoms with Crippen molar-refractivity contribution in [2.24, 2.45) is 5.92 Å². The van der Waals surface area contributed by atoms with Crippen molar-refractivity contribution in [2.45, 2.75) is 43.7 Å². The van der Waals surface area contributed by atoms with Gasteiger partial charge >= 0.3 is 6.03 Å². The molecular formula is C26H29ClN4O4. The summed E-state index contributed by atoms with van der Waals surface area (Å²) in [6.45, 7) is 1.94. The number of nitrogens with one attached hydrogen (secondary N) is 1. The normalized spacial score (nSPS) is 25.2. The summed E-state index contributed by atoms with van der Waals surface area (Å²) >= 11 is 6.06. The molecule has 1 aromatic carbocycles. The van der Waals surface area contributed by atoms with Crippen LogP contribution in [0.15, 0.2) is 48.8 Å². The summed E-state index contributed by atoms with van der Waals surface area (Å²) in [5, 5.41) is 3.65. The molecule has 0 aliphatic carbocycles. The van der Waals surface area contributed by atoms with E-state index in [2.05, 4.69) is 10.3 Å². The van der Waals surface area contributed by atoms with Crippen molar-refractivity contribution < 1.29 is 19.1 Å². The third-order valence-corrected chi connectivity index (χ3v) is 7.60. The van der Waals surface area contributed by atoms with Crippen LogP contribution < -0.4 is 5.32 Å². The van der Waals surface area contributed by atoms with Crippen LogP contribution in [0.4, 0.5) is 4.79 Å². The lowest BCUT2D eigenvalue weighted by Gasteiger charge is -2.41. The minimum Gasteiger partial charge on any atom is -0.376 e. The Morgan fingerprint density at radius 1 is 1.17 bits per heavy atom. The Balaban J connectivity index is 1.33. The first-order chi connectivity index (χ1) is 17.0. The smallest absolute Gasteiger partial charge is 0.325 e. The van der Waals surface area contributed by atoms with Gasteiger partial charge in [0, 0.05) is 42.7 Å². The van der Waals surface area contributed by atoms with Crippen LogP contribution in [0.3, 0.4) is 0 Å². The maximum Gasteiger partial charge on any atom is 0.325 e. The Bertz CT molecular complexity index is 1100. The monoisotopic (exact) mass is 496 g/mol. The average molecular weight is 497 g/mol. The van der Waals surface area contributed by atoms with Gasteiger partial charge in [-0.25, -0.2) is 4.79 Å². The minimum atomic E-state index is -1.19. The maximum atomic E-state index is 13.9. The molecule has 4 heterocycles. The number of aromatic nitrogens is 1. The van der Waals surface area contributed by atoms with Gasteiger partial charge in [0.25, 0.3) is 5.91 Å². The molecule has 1 N–H and O–H groups in total. The topological polar surface area (TPSA) is 91.8 Å². The Morgan fingerprint density at radius 3 is 2.69 bits per heavy atom. The molecule has 3 saturated heterocycles. The first kappa shape index (κ1) is 23.8. The van der Waals surface area contributed by atoms with Gasteiger partial charge in [0.1, 0.15) is 0 Å². The standard InChI is InChI=1S/C26H29ClN4O4/c27-21-6-1-4-18(14-21)15-23(32)30-11-8-19(9-12-30)26(20-5-2-10-28-16-20)24(33)31(25(34)29-26)17-22-7-3-13-35-22/h1-2,4-6,10,14,16,19,22H,3,7-9,11-13,15,17H2,(H,29,34). The molecule has 8 nitrogen and oxygen atoms in total. The van der Waals surface area contributed by atoms with Crippen LogP contribution in [0, 0.1) is 5.92 Å². The summed E-state index contributed by atoms with van der Waals surface area (Å²) in [7, 11) is 0. The summed E-state index contributed by atoms with van der Waals surface area (Å²) in [5.74, 6) is -0.384. The molecule has 0 bridgehead atoms. The molecule has 184 valence electrons. The van der Waals surface area contributed by atoms with Gasteiger partial charge < -0.3 is 15.0 Å². The number of rotatable bonds is 6. The largest absolute Gasteiger partial charge is 0.376 e. The SMILES string of the molecule is O=C(Cc1cccc(Cl)c1)N1CCC(C2(c3cccnc3)NC(=O)N(CC3CCCO3)C2=O)CC1. The molecule has 9 heteroatoms. The summed E-state index contributed by atoms with van der Waals surface area (Å²) < 4.78 is 5.69. The quantitative estimate of drug-likeness (QED) is 0.620. The van der Waals surface area contributed by atoms with Crippen LogP contribution >= 0.6 is 11.6 Å². The number of hydrogen-bond donors (Lipinski definition) is 1. The lowest BCUT2D eigenvalue weighted by molar-refractivity contribution is -0.137. The summed E-state index contributed by atoms with van der Waals surface area (Å²) in [4.78, 5) is 47.2. The number of halogens is 1. The van der Waals surface area contributed by atoms with E-state index in [0.29, 0.717) is 43.1 Å². The number of carbonyl (C=O) groups excluding carboxylic acids is 3. The summed E-state index contributed by atoms with van der Waals surface area (Å²) in [5.41, 5.74) is 0.364. The van der Waals surface area contributed by atoms with E-state index in [1.54, 1.807) is 30.6 Å². The summed E-state index contributed by atoms with van der Waals surface area (Å²) in [6.07, 6.45) is 6.42. The lowest BCUT2D eigenvalue weighted by atomic mass is 9.73. The van der Waals surface area contributed by atoms with Crippen molar-refractivity contribution >= 4 is 29.4 Å². The fourth-order valence-electron chi connectivity index (χ4n) is 5.55. The third kappa shape index (κ3) is 4.65.